The van der Waals surface area contributed by atoms with Gasteiger partial charge in [0.2, 0.25) is 0 Å². The fraction of sp³-hybridized carbons (Fsp3) is 0.200. The SMILES string of the molecule is c1cc2ccc3ccc(N4CCCC4)c4ccc(c1)c2c34. The summed E-state index contributed by atoms with van der Waals surface area (Å²) in [5.74, 6) is 0. The van der Waals surface area contributed by atoms with E-state index in [-0.39, 0.29) is 0 Å². The third-order valence-corrected chi connectivity index (χ3v) is 4.95. The minimum absolute atomic E-state index is 1.20. The van der Waals surface area contributed by atoms with Crippen molar-refractivity contribution >= 4 is 38.0 Å². The minimum Gasteiger partial charge on any atom is -0.371 e. The number of anilines is 1. The summed E-state index contributed by atoms with van der Waals surface area (Å²) < 4.78 is 0. The minimum atomic E-state index is 1.20. The van der Waals surface area contributed by atoms with Crippen molar-refractivity contribution in [2.24, 2.45) is 0 Å². The summed E-state index contributed by atoms with van der Waals surface area (Å²) in [5.41, 5.74) is 1.42. The van der Waals surface area contributed by atoms with Crippen molar-refractivity contribution in [1.82, 2.24) is 0 Å². The zero-order valence-corrected chi connectivity index (χ0v) is 12.0. The summed E-state index contributed by atoms with van der Waals surface area (Å²) in [6.07, 6.45) is 2.64. The topological polar surface area (TPSA) is 3.24 Å². The van der Waals surface area contributed by atoms with Crippen molar-refractivity contribution in [3.8, 4) is 0 Å². The molecule has 5 rings (SSSR count). The van der Waals surface area contributed by atoms with Crippen LogP contribution in [0.1, 0.15) is 12.8 Å². The summed E-state index contributed by atoms with van der Waals surface area (Å²) in [4.78, 5) is 2.55. The first kappa shape index (κ1) is 11.4. The number of hydrogen-bond donors (Lipinski definition) is 0. The fourth-order valence-electron chi connectivity index (χ4n) is 3.95. The van der Waals surface area contributed by atoms with E-state index in [0.717, 1.165) is 0 Å². The van der Waals surface area contributed by atoms with Gasteiger partial charge in [-0.15, -0.1) is 0 Å². The maximum atomic E-state index is 2.55. The van der Waals surface area contributed by atoms with E-state index in [1.54, 1.807) is 0 Å². The monoisotopic (exact) mass is 271 g/mol. The molecule has 0 N–H and O–H groups in total. The van der Waals surface area contributed by atoms with Gasteiger partial charge in [0.1, 0.15) is 0 Å². The lowest BCUT2D eigenvalue weighted by Gasteiger charge is -2.21. The lowest BCUT2D eigenvalue weighted by Crippen LogP contribution is -2.17. The quantitative estimate of drug-likeness (QED) is 0.431. The zero-order valence-electron chi connectivity index (χ0n) is 12.0. The Balaban J connectivity index is 1.96. The highest BCUT2D eigenvalue weighted by molar-refractivity contribution is 6.25. The Hall–Kier alpha value is -2.28. The van der Waals surface area contributed by atoms with Crippen LogP contribution >= 0.6 is 0 Å². The molecule has 21 heavy (non-hydrogen) atoms. The van der Waals surface area contributed by atoms with Gasteiger partial charge >= 0.3 is 0 Å². The molecule has 1 nitrogen and oxygen atoms in total. The Morgan fingerprint density at radius 1 is 0.619 bits per heavy atom. The van der Waals surface area contributed by atoms with Crippen LogP contribution in [0.15, 0.2) is 54.6 Å². The van der Waals surface area contributed by atoms with E-state index < -0.39 is 0 Å². The molecule has 102 valence electrons. The van der Waals surface area contributed by atoms with Crippen LogP contribution in [-0.2, 0) is 0 Å². The summed E-state index contributed by atoms with van der Waals surface area (Å²) in [6.45, 7) is 2.40. The second-order valence-corrected chi connectivity index (χ2v) is 6.13. The molecule has 4 aromatic carbocycles. The highest BCUT2D eigenvalue weighted by atomic mass is 15.1. The molecule has 0 unspecified atom stereocenters. The Labute approximate surface area is 124 Å². The molecule has 1 fully saturated rings. The first-order valence-corrected chi connectivity index (χ1v) is 7.83. The van der Waals surface area contributed by atoms with Crippen LogP contribution in [0.4, 0.5) is 5.69 Å². The molecule has 4 aromatic rings. The van der Waals surface area contributed by atoms with Crippen LogP contribution in [0.3, 0.4) is 0 Å². The van der Waals surface area contributed by atoms with Gasteiger partial charge in [0.15, 0.2) is 0 Å². The van der Waals surface area contributed by atoms with E-state index in [9.17, 15) is 0 Å². The zero-order chi connectivity index (χ0) is 13.8. The van der Waals surface area contributed by atoms with Gasteiger partial charge in [-0.05, 0) is 45.8 Å². The van der Waals surface area contributed by atoms with Gasteiger partial charge in [-0.3, -0.25) is 0 Å². The number of benzene rings is 4. The van der Waals surface area contributed by atoms with Crippen molar-refractivity contribution in [2.45, 2.75) is 12.8 Å². The van der Waals surface area contributed by atoms with Crippen LogP contribution in [0.5, 0.6) is 0 Å². The maximum absolute atomic E-state index is 2.55. The molecule has 0 saturated carbocycles. The average molecular weight is 271 g/mol. The highest BCUT2D eigenvalue weighted by Crippen LogP contribution is 2.39. The van der Waals surface area contributed by atoms with E-state index in [0.29, 0.717) is 0 Å². The Morgan fingerprint density at radius 3 is 2.00 bits per heavy atom. The summed E-state index contributed by atoms with van der Waals surface area (Å²) in [7, 11) is 0. The first-order valence-electron chi connectivity index (χ1n) is 7.83. The molecule has 0 aromatic heterocycles. The van der Waals surface area contributed by atoms with E-state index in [2.05, 4.69) is 59.5 Å². The van der Waals surface area contributed by atoms with E-state index >= 15 is 0 Å². The molecule has 0 spiro atoms. The van der Waals surface area contributed by atoms with E-state index in [4.69, 9.17) is 0 Å². The Morgan fingerprint density at radius 2 is 1.24 bits per heavy atom. The van der Waals surface area contributed by atoms with Crippen molar-refractivity contribution in [2.75, 3.05) is 18.0 Å². The van der Waals surface area contributed by atoms with Crippen LogP contribution in [0.2, 0.25) is 0 Å². The fourth-order valence-corrected chi connectivity index (χ4v) is 3.95. The standard InChI is InChI=1S/C20H17N/c1-2-13-21(12-1)18-11-9-16-7-6-14-4-3-5-15-8-10-17(18)20(16)19(14)15/h3-11H,1-2,12-13H2. The van der Waals surface area contributed by atoms with Crippen LogP contribution in [0, 0.1) is 0 Å². The van der Waals surface area contributed by atoms with Crippen molar-refractivity contribution < 1.29 is 0 Å². The first-order chi connectivity index (χ1) is 10.4. The number of hydrogen-bond acceptors (Lipinski definition) is 1. The largest absolute Gasteiger partial charge is 0.371 e. The van der Waals surface area contributed by atoms with Gasteiger partial charge in [-0.1, -0.05) is 48.5 Å². The lowest BCUT2D eigenvalue weighted by molar-refractivity contribution is 0.949. The molecule has 1 heteroatoms. The Kier molecular flexibility index (Phi) is 2.23. The summed E-state index contributed by atoms with van der Waals surface area (Å²) >= 11 is 0. The number of nitrogens with zero attached hydrogens (tertiary/aromatic N) is 1. The smallest absolute Gasteiger partial charge is 0.0446 e. The van der Waals surface area contributed by atoms with Gasteiger partial charge in [0, 0.05) is 24.2 Å². The Bertz CT molecular complexity index is 932. The third kappa shape index (κ3) is 1.52. The molecular weight excluding hydrogens is 254 g/mol. The average Bonchev–Trinajstić information content (AvgIpc) is 3.07. The normalized spacial score (nSPS) is 15.7. The van der Waals surface area contributed by atoms with Gasteiger partial charge in [0.25, 0.3) is 0 Å². The van der Waals surface area contributed by atoms with Crippen molar-refractivity contribution in [3.05, 3.63) is 54.6 Å². The second-order valence-electron chi connectivity index (χ2n) is 6.13. The molecule has 0 aliphatic carbocycles. The van der Waals surface area contributed by atoms with E-state index in [1.807, 2.05) is 0 Å². The molecule has 0 atom stereocenters. The predicted octanol–water partition coefficient (Wildman–Crippen LogP) is 5.18. The van der Waals surface area contributed by atoms with Crippen LogP contribution in [0.25, 0.3) is 32.3 Å². The van der Waals surface area contributed by atoms with Gasteiger partial charge in [-0.25, -0.2) is 0 Å². The van der Waals surface area contributed by atoms with Crippen LogP contribution < -0.4 is 4.90 Å². The summed E-state index contributed by atoms with van der Waals surface area (Å²) in [6, 6.07) is 20.3. The molecule has 1 saturated heterocycles. The number of rotatable bonds is 1. The van der Waals surface area contributed by atoms with Gasteiger partial charge in [-0.2, -0.15) is 0 Å². The molecule has 0 amide bonds. The molecule has 0 radical (unpaired) electrons. The molecule has 1 aliphatic rings. The highest BCUT2D eigenvalue weighted by Gasteiger charge is 2.17. The van der Waals surface area contributed by atoms with Gasteiger partial charge < -0.3 is 4.90 Å². The van der Waals surface area contributed by atoms with Crippen molar-refractivity contribution in [1.29, 1.82) is 0 Å². The molecule has 1 heterocycles. The molecular formula is C20H17N. The predicted molar refractivity (Wildman–Crippen MR) is 91.6 cm³/mol. The second kappa shape index (κ2) is 4.11. The maximum Gasteiger partial charge on any atom is 0.0446 e. The van der Waals surface area contributed by atoms with Crippen LogP contribution in [-0.4, -0.2) is 13.1 Å². The summed E-state index contributed by atoms with van der Waals surface area (Å²) in [5, 5.41) is 8.34. The third-order valence-electron chi connectivity index (χ3n) is 4.95. The van der Waals surface area contributed by atoms with E-state index in [1.165, 1.54) is 63.9 Å². The lowest BCUT2D eigenvalue weighted by atomic mass is 9.93. The molecule has 1 aliphatic heterocycles. The van der Waals surface area contributed by atoms with Crippen molar-refractivity contribution in [3.63, 3.8) is 0 Å². The molecule has 0 bridgehead atoms. The van der Waals surface area contributed by atoms with Gasteiger partial charge in [0.05, 0.1) is 0 Å².